The molecule has 0 fully saturated rings. The van der Waals surface area contributed by atoms with Crippen LogP contribution in [0, 0.1) is 11.3 Å². The number of carbonyl (C=O) groups is 1. The number of nitrogens with zero attached hydrogens (tertiary/aromatic N) is 3. The Bertz CT molecular complexity index is 890. The van der Waals surface area contributed by atoms with Gasteiger partial charge in [0.05, 0.1) is 29.0 Å². The van der Waals surface area contributed by atoms with Gasteiger partial charge < -0.3 is 15.1 Å². The van der Waals surface area contributed by atoms with Crippen LogP contribution in [0.2, 0.25) is 0 Å². The summed E-state index contributed by atoms with van der Waals surface area (Å²) in [6.07, 6.45) is -4.39. The van der Waals surface area contributed by atoms with Gasteiger partial charge in [0.25, 0.3) is 0 Å². The molecule has 1 aliphatic heterocycles. The largest absolute Gasteiger partial charge is 0.416 e. The fourth-order valence-corrected chi connectivity index (χ4v) is 3.34. The number of benzene rings is 2. The van der Waals surface area contributed by atoms with Gasteiger partial charge in [-0.25, -0.2) is 0 Å². The predicted octanol–water partition coefficient (Wildman–Crippen LogP) is 3.69. The van der Waals surface area contributed by atoms with E-state index < -0.39 is 11.7 Å². The minimum absolute atomic E-state index is 0.141. The van der Waals surface area contributed by atoms with Gasteiger partial charge in [-0.3, -0.25) is 4.79 Å². The lowest BCUT2D eigenvalue weighted by Crippen LogP contribution is -2.53. The summed E-state index contributed by atoms with van der Waals surface area (Å²) in [6.45, 7) is 2.30. The molecule has 1 aliphatic rings. The second-order valence-electron chi connectivity index (χ2n) is 6.52. The van der Waals surface area contributed by atoms with E-state index in [0.29, 0.717) is 18.8 Å². The van der Waals surface area contributed by atoms with Crippen molar-refractivity contribution in [3.8, 4) is 6.07 Å². The average molecular weight is 388 g/mol. The monoisotopic (exact) mass is 388 g/mol. The highest BCUT2D eigenvalue weighted by Crippen LogP contribution is 2.40. The molecule has 3 rings (SSSR count). The maximum absolute atomic E-state index is 12.9. The van der Waals surface area contributed by atoms with E-state index in [1.165, 1.54) is 19.1 Å². The highest BCUT2D eigenvalue weighted by Gasteiger charge is 2.33. The van der Waals surface area contributed by atoms with E-state index in [0.717, 1.165) is 23.5 Å². The molecule has 1 N–H and O–H groups in total. The van der Waals surface area contributed by atoms with Crippen molar-refractivity contribution in [2.24, 2.45) is 0 Å². The molecule has 0 radical (unpaired) electrons. The minimum Gasteiger partial charge on any atom is -0.354 e. The number of para-hydroxylation sites is 2. The predicted molar refractivity (Wildman–Crippen MR) is 100 cm³/mol. The molecule has 2 aromatic carbocycles. The van der Waals surface area contributed by atoms with Crippen molar-refractivity contribution < 1.29 is 18.0 Å². The van der Waals surface area contributed by atoms with E-state index in [1.54, 1.807) is 0 Å². The standard InChI is InChI=1S/C20H19F3N4O/c1-14(28)25-12-17-13-27(16-8-6-15(7-9-16)20(21,22)23)19-5-3-2-4-18(19)26(17)11-10-24/h2-9,17H,11-13H2,1H3,(H,25,28). The summed E-state index contributed by atoms with van der Waals surface area (Å²) in [6, 6.07) is 14.3. The smallest absolute Gasteiger partial charge is 0.354 e. The molecule has 28 heavy (non-hydrogen) atoms. The van der Waals surface area contributed by atoms with E-state index in [-0.39, 0.29) is 18.5 Å². The summed E-state index contributed by atoms with van der Waals surface area (Å²) >= 11 is 0. The quantitative estimate of drug-likeness (QED) is 0.812. The zero-order valence-electron chi connectivity index (χ0n) is 15.2. The minimum atomic E-state index is -4.39. The molecular weight excluding hydrogens is 369 g/mol. The van der Waals surface area contributed by atoms with Gasteiger partial charge in [0.15, 0.2) is 0 Å². The molecule has 0 bridgehead atoms. The SMILES string of the molecule is CC(=O)NCC1CN(c2ccc(C(F)(F)F)cc2)c2ccccc2N1CC#N. The summed E-state index contributed by atoms with van der Waals surface area (Å²) in [5, 5.41) is 12.0. The molecule has 1 atom stereocenters. The number of hydrogen-bond acceptors (Lipinski definition) is 4. The maximum Gasteiger partial charge on any atom is 0.416 e. The van der Waals surface area contributed by atoms with Crippen molar-refractivity contribution in [1.29, 1.82) is 5.26 Å². The van der Waals surface area contributed by atoms with Crippen LogP contribution in [0.1, 0.15) is 12.5 Å². The lowest BCUT2D eigenvalue weighted by molar-refractivity contribution is -0.137. The lowest BCUT2D eigenvalue weighted by atomic mass is 10.0. The Kier molecular flexibility index (Phi) is 5.45. The van der Waals surface area contributed by atoms with Crippen molar-refractivity contribution in [2.45, 2.75) is 19.1 Å². The number of halogens is 3. The number of hydrogen-bond donors (Lipinski definition) is 1. The van der Waals surface area contributed by atoms with Crippen molar-refractivity contribution in [2.75, 3.05) is 29.4 Å². The summed E-state index contributed by atoms with van der Waals surface area (Å²) in [4.78, 5) is 15.2. The fourth-order valence-electron chi connectivity index (χ4n) is 3.34. The molecule has 0 saturated heterocycles. The van der Waals surface area contributed by atoms with Gasteiger partial charge >= 0.3 is 6.18 Å². The van der Waals surface area contributed by atoms with Gasteiger partial charge in [0.2, 0.25) is 5.91 Å². The Morgan fingerprint density at radius 1 is 1.18 bits per heavy atom. The number of rotatable bonds is 4. The zero-order chi connectivity index (χ0) is 20.3. The normalized spacial score (nSPS) is 16.3. The molecule has 2 aromatic rings. The third kappa shape index (κ3) is 4.03. The number of amides is 1. The Morgan fingerprint density at radius 2 is 1.82 bits per heavy atom. The second kappa shape index (κ2) is 7.80. The van der Waals surface area contributed by atoms with Crippen LogP contribution in [0.3, 0.4) is 0 Å². The van der Waals surface area contributed by atoms with Crippen molar-refractivity contribution in [3.05, 3.63) is 54.1 Å². The van der Waals surface area contributed by atoms with Crippen molar-refractivity contribution in [1.82, 2.24) is 5.32 Å². The summed E-state index contributed by atoms with van der Waals surface area (Å²) in [5.41, 5.74) is 1.51. The van der Waals surface area contributed by atoms with E-state index in [4.69, 9.17) is 0 Å². The van der Waals surface area contributed by atoms with Crippen LogP contribution in [-0.2, 0) is 11.0 Å². The van der Waals surface area contributed by atoms with Crippen molar-refractivity contribution >= 4 is 23.0 Å². The fraction of sp³-hybridized carbons (Fsp3) is 0.300. The average Bonchev–Trinajstić information content (AvgIpc) is 2.66. The van der Waals surface area contributed by atoms with Gasteiger partial charge in [0.1, 0.15) is 6.54 Å². The van der Waals surface area contributed by atoms with Gasteiger partial charge in [-0.2, -0.15) is 18.4 Å². The van der Waals surface area contributed by atoms with Gasteiger partial charge in [0, 0.05) is 25.7 Å². The molecule has 5 nitrogen and oxygen atoms in total. The van der Waals surface area contributed by atoms with Crippen LogP contribution in [-0.4, -0.2) is 31.6 Å². The van der Waals surface area contributed by atoms with Crippen LogP contribution in [0.25, 0.3) is 0 Å². The number of anilines is 3. The first kappa shape index (κ1) is 19.5. The maximum atomic E-state index is 12.9. The van der Waals surface area contributed by atoms with Gasteiger partial charge in [-0.05, 0) is 36.4 Å². The van der Waals surface area contributed by atoms with E-state index in [9.17, 15) is 23.2 Å². The third-order valence-electron chi connectivity index (χ3n) is 4.65. The Labute approximate surface area is 161 Å². The van der Waals surface area contributed by atoms with E-state index in [1.807, 2.05) is 34.1 Å². The molecule has 8 heteroatoms. The van der Waals surface area contributed by atoms with Crippen LogP contribution in [0.5, 0.6) is 0 Å². The third-order valence-corrected chi connectivity index (χ3v) is 4.65. The van der Waals surface area contributed by atoms with E-state index in [2.05, 4.69) is 11.4 Å². The molecule has 0 aromatic heterocycles. The van der Waals surface area contributed by atoms with Crippen LogP contribution < -0.4 is 15.1 Å². The molecule has 1 amide bonds. The molecule has 1 heterocycles. The summed E-state index contributed by atoms with van der Waals surface area (Å²) < 4.78 is 38.7. The second-order valence-corrected chi connectivity index (χ2v) is 6.52. The first-order valence-corrected chi connectivity index (χ1v) is 8.73. The van der Waals surface area contributed by atoms with Gasteiger partial charge in [-0.1, -0.05) is 12.1 Å². The number of alkyl halides is 3. The highest BCUT2D eigenvalue weighted by atomic mass is 19.4. The summed E-state index contributed by atoms with van der Waals surface area (Å²) in [7, 11) is 0. The number of nitrogens with one attached hydrogen (secondary N) is 1. The van der Waals surface area contributed by atoms with Gasteiger partial charge in [-0.15, -0.1) is 0 Å². The topological polar surface area (TPSA) is 59.4 Å². The first-order valence-electron chi connectivity index (χ1n) is 8.73. The highest BCUT2D eigenvalue weighted by molar-refractivity contribution is 5.80. The molecule has 1 unspecified atom stereocenters. The molecule has 0 saturated carbocycles. The lowest BCUT2D eigenvalue weighted by Gasteiger charge is -2.43. The Balaban J connectivity index is 1.99. The molecule has 0 spiro atoms. The zero-order valence-corrected chi connectivity index (χ0v) is 15.2. The summed E-state index contributed by atoms with van der Waals surface area (Å²) in [5.74, 6) is -0.183. The van der Waals surface area contributed by atoms with E-state index >= 15 is 0 Å². The number of nitriles is 1. The Morgan fingerprint density at radius 3 is 2.39 bits per heavy atom. The number of carbonyl (C=O) groups excluding carboxylic acids is 1. The molecule has 0 aliphatic carbocycles. The van der Waals surface area contributed by atoms with Crippen LogP contribution in [0.4, 0.5) is 30.2 Å². The molecule has 146 valence electrons. The number of fused-ring (bicyclic) bond motifs is 1. The molecular formula is C20H19F3N4O. The van der Waals surface area contributed by atoms with Crippen LogP contribution in [0.15, 0.2) is 48.5 Å². The van der Waals surface area contributed by atoms with Crippen LogP contribution >= 0.6 is 0 Å². The first-order chi connectivity index (χ1) is 13.3. The Hall–Kier alpha value is -3.21. The van der Waals surface area contributed by atoms with Crippen molar-refractivity contribution in [3.63, 3.8) is 0 Å².